The predicted octanol–water partition coefficient (Wildman–Crippen LogP) is 2.87. The van der Waals surface area contributed by atoms with Crippen LogP contribution in [0.15, 0.2) is 48.9 Å². The molecule has 5 nitrogen and oxygen atoms in total. The summed E-state index contributed by atoms with van der Waals surface area (Å²) in [6.45, 7) is 1.98. The molecule has 3 heterocycles. The minimum Gasteiger partial charge on any atom is -0.356 e. The van der Waals surface area contributed by atoms with E-state index in [1.165, 1.54) is 5.56 Å². The van der Waals surface area contributed by atoms with Crippen molar-refractivity contribution in [2.75, 3.05) is 18.0 Å². The summed E-state index contributed by atoms with van der Waals surface area (Å²) in [7, 11) is 0. The lowest BCUT2D eigenvalue weighted by Crippen LogP contribution is -2.38. The van der Waals surface area contributed by atoms with Gasteiger partial charge in [0.1, 0.15) is 17.8 Å². The molecule has 0 saturated carbocycles. The summed E-state index contributed by atoms with van der Waals surface area (Å²) in [5.74, 6) is 1.56. The molecule has 0 amide bonds. The number of benzene rings is 1. The Balaban J connectivity index is 1.48. The van der Waals surface area contributed by atoms with Gasteiger partial charge in [-0.05, 0) is 30.4 Å². The largest absolute Gasteiger partial charge is 0.356 e. The van der Waals surface area contributed by atoms with Crippen molar-refractivity contribution >= 4 is 16.9 Å². The summed E-state index contributed by atoms with van der Waals surface area (Å²) in [5, 5.41) is 1.10. The molecule has 0 spiro atoms. The van der Waals surface area contributed by atoms with Gasteiger partial charge in [-0.2, -0.15) is 0 Å². The molecule has 1 unspecified atom stereocenters. The van der Waals surface area contributed by atoms with Crippen molar-refractivity contribution in [2.24, 2.45) is 11.7 Å². The number of piperidine rings is 1. The van der Waals surface area contributed by atoms with Crippen molar-refractivity contribution in [2.45, 2.75) is 18.9 Å². The number of anilines is 1. The molecule has 1 saturated heterocycles. The number of nitrogens with zero attached hydrogens (tertiary/aromatic N) is 3. The van der Waals surface area contributed by atoms with Gasteiger partial charge in [0, 0.05) is 25.3 Å². The van der Waals surface area contributed by atoms with Crippen LogP contribution in [-0.4, -0.2) is 28.0 Å². The third-order valence-corrected chi connectivity index (χ3v) is 4.86. The first kappa shape index (κ1) is 14.2. The topological polar surface area (TPSA) is 70.8 Å². The molecule has 0 aliphatic carbocycles. The zero-order valence-corrected chi connectivity index (χ0v) is 13.0. The predicted molar refractivity (Wildman–Crippen MR) is 92.2 cm³/mol. The maximum Gasteiger partial charge on any atom is 0.142 e. The molecule has 3 N–H and O–H groups in total. The molecule has 1 aromatic carbocycles. The molecule has 1 atom stereocenters. The molecular formula is C18H21N5. The fourth-order valence-corrected chi connectivity index (χ4v) is 3.53. The molecule has 4 rings (SSSR count). The minimum atomic E-state index is 0.121. The van der Waals surface area contributed by atoms with E-state index in [-0.39, 0.29) is 6.04 Å². The molecule has 118 valence electrons. The van der Waals surface area contributed by atoms with Crippen LogP contribution in [0.4, 0.5) is 5.82 Å². The number of H-pyrrole nitrogens is 1. The second-order valence-electron chi connectivity index (χ2n) is 6.20. The van der Waals surface area contributed by atoms with Crippen molar-refractivity contribution < 1.29 is 0 Å². The van der Waals surface area contributed by atoms with Crippen LogP contribution in [0.25, 0.3) is 11.0 Å². The van der Waals surface area contributed by atoms with Gasteiger partial charge in [0.2, 0.25) is 0 Å². The van der Waals surface area contributed by atoms with Crippen molar-refractivity contribution in [1.82, 2.24) is 15.0 Å². The van der Waals surface area contributed by atoms with Crippen LogP contribution >= 0.6 is 0 Å². The molecule has 0 radical (unpaired) electrons. The zero-order valence-electron chi connectivity index (χ0n) is 13.0. The third kappa shape index (κ3) is 2.68. The molecule has 2 aromatic heterocycles. The van der Waals surface area contributed by atoms with Crippen molar-refractivity contribution in [3.8, 4) is 0 Å². The maximum atomic E-state index is 6.48. The van der Waals surface area contributed by atoms with Crippen LogP contribution in [0.3, 0.4) is 0 Å². The molecule has 5 heteroatoms. The Hall–Kier alpha value is -2.40. The second kappa shape index (κ2) is 6.01. The van der Waals surface area contributed by atoms with Gasteiger partial charge < -0.3 is 15.6 Å². The van der Waals surface area contributed by atoms with E-state index in [9.17, 15) is 0 Å². The zero-order chi connectivity index (χ0) is 15.6. The van der Waals surface area contributed by atoms with Gasteiger partial charge in [0.05, 0.1) is 5.39 Å². The first-order chi connectivity index (χ1) is 11.3. The van der Waals surface area contributed by atoms with Gasteiger partial charge >= 0.3 is 0 Å². The van der Waals surface area contributed by atoms with E-state index >= 15 is 0 Å². The molecular weight excluding hydrogens is 286 g/mol. The average molecular weight is 307 g/mol. The van der Waals surface area contributed by atoms with Crippen LogP contribution in [0.2, 0.25) is 0 Å². The monoisotopic (exact) mass is 307 g/mol. The standard InChI is InChI=1S/C18H21N5/c19-16(13-4-2-1-3-5-13)14-7-10-23(11-8-14)18-15-6-9-20-17(15)21-12-22-18/h1-6,9,12,14,16H,7-8,10-11,19H2,(H,20,21,22). The lowest BCUT2D eigenvalue weighted by molar-refractivity contribution is 0.344. The fraction of sp³-hybridized carbons (Fsp3) is 0.333. The Labute approximate surface area is 135 Å². The van der Waals surface area contributed by atoms with E-state index < -0.39 is 0 Å². The Morgan fingerprint density at radius 1 is 1.09 bits per heavy atom. The number of rotatable bonds is 3. The van der Waals surface area contributed by atoms with Crippen LogP contribution in [-0.2, 0) is 0 Å². The number of hydrogen-bond donors (Lipinski definition) is 2. The van der Waals surface area contributed by atoms with Crippen LogP contribution in [0.1, 0.15) is 24.4 Å². The Bertz CT molecular complexity index is 774. The number of nitrogens with one attached hydrogen (secondary N) is 1. The summed E-state index contributed by atoms with van der Waals surface area (Å²) < 4.78 is 0. The molecule has 23 heavy (non-hydrogen) atoms. The number of nitrogens with two attached hydrogens (primary N) is 1. The first-order valence-corrected chi connectivity index (χ1v) is 8.16. The smallest absolute Gasteiger partial charge is 0.142 e. The Morgan fingerprint density at radius 3 is 2.65 bits per heavy atom. The molecule has 3 aromatic rings. The van der Waals surface area contributed by atoms with Crippen molar-refractivity contribution in [1.29, 1.82) is 0 Å². The summed E-state index contributed by atoms with van der Waals surface area (Å²) >= 11 is 0. The molecule has 1 aliphatic heterocycles. The van der Waals surface area contributed by atoms with Gasteiger partial charge in [-0.25, -0.2) is 9.97 Å². The van der Waals surface area contributed by atoms with E-state index in [1.54, 1.807) is 6.33 Å². The van der Waals surface area contributed by atoms with E-state index in [0.717, 1.165) is 42.8 Å². The SMILES string of the molecule is NC(c1ccccc1)C1CCN(c2ncnc3[nH]ccc23)CC1. The van der Waals surface area contributed by atoms with Gasteiger partial charge in [-0.3, -0.25) is 0 Å². The minimum absolute atomic E-state index is 0.121. The van der Waals surface area contributed by atoms with E-state index in [0.29, 0.717) is 5.92 Å². The fourth-order valence-electron chi connectivity index (χ4n) is 3.53. The summed E-state index contributed by atoms with van der Waals surface area (Å²) in [5.41, 5.74) is 8.62. The van der Waals surface area contributed by atoms with E-state index in [4.69, 9.17) is 5.73 Å². The highest BCUT2D eigenvalue weighted by Gasteiger charge is 2.26. The van der Waals surface area contributed by atoms with Crippen molar-refractivity contribution in [3.05, 3.63) is 54.5 Å². The summed E-state index contributed by atoms with van der Waals surface area (Å²) in [4.78, 5) is 14.3. The summed E-state index contributed by atoms with van der Waals surface area (Å²) in [6.07, 6.45) is 5.73. The molecule has 1 fully saturated rings. The normalized spacial score (nSPS) is 17.5. The van der Waals surface area contributed by atoms with E-state index in [2.05, 4.69) is 44.1 Å². The highest BCUT2D eigenvalue weighted by Crippen LogP contribution is 2.32. The lowest BCUT2D eigenvalue weighted by atomic mass is 9.86. The molecule has 1 aliphatic rings. The van der Waals surface area contributed by atoms with Crippen LogP contribution < -0.4 is 10.6 Å². The van der Waals surface area contributed by atoms with Crippen LogP contribution in [0, 0.1) is 5.92 Å². The lowest BCUT2D eigenvalue weighted by Gasteiger charge is -2.35. The first-order valence-electron chi connectivity index (χ1n) is 8.16. The van der Waals surface area contributed by atoms with Gasteiger partial charge in [0.15, 0.2) is 0 Å². The third-order valence-electron chi connectivity index (χ3n) is 4.86. The molecule has 0 bridgehead atoms. The highest BCUT2D eigenvalue weighted by atomic mass is 15.2. The second-order valence-corrected chi connectivity index (χ2v) is 6.20. The Kier molecular flexibility index (Phi) is 3.71. The number of hydrogen-bond acceptors (Lipinski definition) is 4. The van der Waals surface area contributed by atoms with Gasteiger partial charge in [0.25, 0.3) is 0 Å². The Morgan fingerprint density at radius 2 is 1.87 bits per heavy atom. The maximum absolute atomic E-state index is 6.48. The van der Waals surface area contributed by atoms with Gasteiger partial charge in [-0.15, -0.1) is 0 Å². The van der Waals surface area contributed by atoms with Crippen LogP contribution in [0.5, 0.6) is 0 Å². The summed E-state index contributed by atoms with van der Waals surface area (Å²) in [6, 6.07) is 12.6. The number of fused-ring (bicyclic) bond motifs is 1. The number of aromatic nitrogens is 3. The van der Waals surface area contributed by atoms with Crippen molar-refractivity contribution in [3.63, 3.8) is 0 Å². The van der Waals surface area contributed by atoms with Gasteiger partial charge in [-0.1, -0.05) is 30.3 Å². The van der Waals surface area contributed by atoms with E-state index in [1.807, 2.05) is 18.3 Å². The average Bonchev–Trinajstić information content (AvgIpc) is 3.11. The quantitative estimate of drug-likeness (QED) is 0.780. The number of aromatic amines is 1. The highest BCUT2D eigenvalue weighted by molar-refractivity contribution is 5.87.